The second-order valence-electron chi connectivity index (χ2n) is 4.10. The molecule has 1 fully saturated rings. The number of aliphatic hydroxyl groups excluding tert-OH is 1. The van der Waals surface area contributed by atoms with Gasteiger partial charge in [-0.1, -0.05) is 6.07 Å². The second-order valence-corrected chi connectivity index (χ2v) is 6.00. The van der Waals surface area contributed by atoms with Crippen molar-refractivity contribution in [2.45, 2.75) is 4.90 Å². The number of benzene rings is 1. The Hall–Kier alpha value is -1.49. The summed E-state index contributed by atoms with van der Waals surface area (Å²) in [5.74, 6) is -0.934. The zero-order chi connectivity index (χ0) is 13.3. The van der Waals surface area contributed by atoms with Crippen molar-refractivity contribution >= 4 is 10.0 Å². The van der Waals surface area contributed by atoms with Gasteiger partial charge in [0.2, 0.25) is 10.0 Å². The van der Waals surface area contributed by atoms with Crippen LogP contribution in [0.25, 0.3) is 0 Å². The highest BCUT2D eigenvalue weighted by Gasteiger charge is 2.37. The molecule has 1 aromatic carbocycles. The van der Waals surface area contributed by atoms with Gasteiger partial charge in [0.05, 0.1) is 0 Å². The number of hydrogen-bond acceptors (Lipinski definition) is 4. The maximum atomic E-state index is 13.4. The Morgan fingerprint density at radius 1 is 1.50 bits per heavy atom. The van der Waals surface area contributed by atoms with Gasteiger partial charge < -0.3 is 5.11 Å². The van der Waals surface area contributed by atoms with Crippen LogP contribution >= 0.6 is 0 Å². The molecule has 0 bridgehead atoms. The summed E-state index contributed by atoms with van der Waals surface area (Å²) in [6, 6.07) is 5.08. The summed E-state index contributed by atoms with van der Waals surface area (Å²) in [6.07, 6.45) is 0. The molecule has 0 spiro atoms. The zero-order valence-electron chi connectivity index (χ0n) is 9.38. The fraction of sp³-hybridized carbons (Fsp3) is 0.364. The van der Waals surface area contributed by atoms with Crippen molar-refractivity contribution in [2.24, 2.45) is 5.92 Å². The van der Waals surface area contributed by atoms with Crippen molar-refractivity contribution in [3.8, 4) is 6.07 Å². The van der Waals surface area contributed by atoms with Crippen LogP contribution < -0.4 is 0 Å². The van der Waals surface area contributed by atoms with Crippen molar-refractivity contribution in [1.82, 2.24) is 4.31 Å². The minimum Gasteiger partial charge on any atom is -0.396 e. The number of sulfonamides is 1. The molecule has 0 saturated carbocycles. The van der Waals surface area contributed by atoms with Crippen LogP contribution in [0.1, 0.15) is 5.56 Å². The van der Waals surface area contributed by atoms with E-state index >= 15 is 0 Å². The van der Waals surface area contributed by atoms with E-state index in [4.69, 9.17) is 10.4 Å². The molecule has 7 heteroatoms. The first kappa shape index (κ1) is 13.0. The normalized spacial score (nSPS) is 17.2. The predicted molar refractivity (Wildman–Crippen MR) is 60.4 cm³/mol. The van der Waals surface area contributed by atoms with Crippen molar-refractivity contribution in [3.05, 3.63) is 29.6 Å². The third kappa shape index (κ3) is 1.99. The molecule has 0 atom stereocenters. The second kappa shape index (κ2) is 4.65. The smallest absolute Gasteiger partial charge is 0.244 e. The van der Waals surface area contributed by atoms with Gasteiger partial charge in [-0.05, 0) is 12.1 Å². The first-order valence-corrected chi connectivity index (χ1v) is 6.74. The molecule has 0 radical (unpaired) electrons. The summed E-state index contributed by atoms with van der Waals surface area (Å²) in [7, 11) is -3.85. The van der Waals surface area contributed by atoms with E-state index in [1.54, 1.807) is 6.07 Å². The highest BCUT2D eigenvalue weighted by Crippen LogP contribution is 2.27. The third-order valence-electron chi connectivity index (χ3n) is 2.89. The monoisotopic (exact) mass is 270 g/mol. The first-order valence-electron chi connectivity index (χ1n) is 5.30. The minimum atomic E-state index is -3.85. The molecule has 1 saturated heterocycles. The summed E-state index contributed by atoms with van der Waals surface area (Å²) in [4.78, 5) is -0.318. The maximum absolute atomic E-state index is 13.4. The van der Waals surface area contributed by atoms with Gasteiger partial charge in [-0.2, -0.15) is 9.57 Å². The van der Waals surface area contributed by atoms with Gasteiger partial charge in [-0.25, -0.2) is 12.8 Å². The van der Waals surface area contributed by atoms with Crippen LogP contribution in [-0.2, 0) is 10.0 Å². The lowest BCUT2D eigenvalue weighted by Crippen LogP contribution is -2.51. The molecule has 96 valence electrons. The molecule has 18 heavy (non-hydrogen) atoms. The van der Waals surface area contributed by atoms with Crippen LogP contribution in [0, 0.1) is 23.1 Å². The summed E-state index contributed by atoms with van der Waals surface area (Å²) < 4.78 is 38.8. The quantitative estimate of drug-likeness (QED) is 0.857. The minimum absolute atomic E-state index is 0.0831. The fourth-order valence-electron chi connectivity index (χ4n) is 1.80. The van der Waals surface area contributed by atoms with Gasteiger partial charge in [0.1, 0.15) is 22.3 Å². The van der Waals surface area contributed by atoms with Gasteiger partial charge in [-0.15, -0.1) is 0 Å². The standard InChI is InChI=1S/C11H11FN2O3S/c12-10-2-1-3-11(9(10)4-13)18(16,17)14-5-8(6-14)7-15/h1-3,8,15H,5-7H2. The van der Waals surface area contributed by atoms with Crippen LogP contribution in [0.5, 0.6) is 0 Å². The Labute approximate surface area is 104 Å². The van der Waals surface area contributed by atoms with E-state index in [0.29, 0.717) is 0 Å². The van der Waals surface area contributed by atoms with E-state index < -0.39 is 21.4 Å². The van der Waals surface area contributed by atoms with E-state index in [1.165, 1.54) is 12.1 Å². The van der Waals surface area contributed by atoms with Gasteiger partial charge in [0.15, 0.2) is 0 Å². The molecule has 5 nitrogen and oxygen atoms in total. The molecule has 1 heterocycles. The molecule has 2 rings (SSSR count). The van der Waals surface area contributed by atoms with Crippen molar-refractivity contribution in [1.29, 1.82) is 5.26 Å². The SMILES string of the molecule is N#Cc1c(F)cccc1S(=O)(=O)N1CC(CO)C1. The van der Waals surface area contributed by atoms with Crippen LogP contribution in [0.15, 0.2) is 23.1 Å². The Morgan fingerprint density at radius 2 is 2.17 bits per heavy atom. The lowest BCUT2D eigenvalue weighted by molar-refractivity contribution is 0.117. The topological polar surface area (TPSA) is 81.4 Å². The molecule has 1 aliphatic heterocycles. The van der Waals surface area contributed by atoms with Crippen LogP contribution in [0.3, 0.4) is 0 Å². The number of nitriles is 1. The summed E-state index contributed by atoms with van der Waals surface area (Å²) in [5, 5.41) is 17.7. The Bertz CT molecular complexity index is 603. The highest BCUT2D eigenvalue weighted by molar-refractivity contribution is 7.89. The number of nitrogens with zero attached hydrogens (tertiary/aromatic N) is 2. The molecular formula is C11H11FN2O3S. The molecule has 0 aliphatic carbocycles. The van der Waals surface area contributed by atoms with Crippen LogP contribution in [0.2, 0.25) is 0 Å². The summed E-state index contributed by atoms with van der Waals surface area (Å²) in [6.45, 7) is 0.306. The molecule has 0 aromatic heterocycles. The van der Waals surface area contributed by atoms with Crippen molar-refractivity contribution in [2.75, 3.05) is 19.7 Å². The Balaban J connectivity index is 2.38. The van der Waals surface area contributed by atoms with Gasteiger partial charge in [0, 0.05) is 25.6 Å². The first-order chi connectivity index (χ1) is 8.50. The van der Waals surface area contributed by atoms with Crippen molar-refractivity contribution in [3.63, 3.8) is 0 Å². The average molecular weight is 270 g/mol. The number of halogens is 1. The Kier molecular flexibility index (Phi) is 3.34. The van der Waals surface area contributed by atoms with Crippen molar-refractivity contribution < 1.29 is 17.9 Å². The largest absolute Gasteiger partial charge is 0.396 e. The summed E-state index contributed by atoms with van der Waals surface area (Å²) >= 11 is 0. The summed E-state index contributed by atoms with van der Waals surface area (Å²) in [5.41, 5.74) is -0.468. The number of rotatable bonds is 3. The van der Waals surface area contributed by atoms with E-state index in [9.17, 15) is 12.8 Å². The molecule has 1 aliphatic rings. The van der Waals surface area contributed by atoms with Gasteiger partial charge in [-0.3, -0.25) is 0 Å². The molecule has 0 amide bonds. The predicted octanol–water partition coefficient (Wildman–Crippen LogP) is 0.310. The average Bonchev–Trinajstić information content (AvgIpc) is 2.27. The molecule has 0 unspecified atom stereocenters. The Morgan fingerprint density at radius 3 is 2.72 bits per heavy atom. The molecule has 1 N–H and O–H groups in total. The van der Waals surface area contributed by atoms with Gasteiger partial charge >= 0.3 is 0 Å². The fourth-order valence-corrected chi connectivity index (χ4v) is 3.55. The third-order valence-corrected chi connectivity index (χ3v) is 4.76. The van der Waals surface area contributed by atoms with E-state index in [0.717, 1.165) is 10.4 Å². The van der Waals surface area contributed by atoms with Gasteiger partial charge in [0.25, 0.3) is 0 Å². The maximum Gasteiger partial charge on any atom is 0.244 e. The number of hydrogen-bond donors (Lipinski definition) is 1. The zero-order valence-corrected chi connectivity index (χ0v) is 10.2. The van der Waals surface area contributed by atoms with Crippen LogP contribution in [-0.4, -0.2) is 37.5 Å². The molecule has 1 aromatic rings. The van der Waals surface area contributed by atoms with E-state index in [-0.39, 0.29) is 30.5 Å². The van der Waals surface area contributed by atoms with Crippen LogP contribution in [0.4, 0.5) is 4.39 Å². The lowest BCUT2D eigenvalue weighted by atomic mass is 10.1. The van der Waals surface area contributed by atoms with E-state index in [1.807, 2.05) is 0 Å². The van der Waals surface area contributed by atoms with E-state index in [2.05, 4.69) is 0 Å². The lowest BCUT2D eigenvalue weighted by Gasteiger charge is -2.37. The number of aliphatic hydroxyl groups is 1. The molecular weight excluding hydrogens is 259 g/mol. The highest BCUT2D eigenvalue weighted by atomic mass is 32.2.